The molecule has 2 N–H and O–H groups in total. The second-order valence-corrected chi connectivity index (χ2v) is 4.65. The van der Waals surface area contributed by atoms with E-state index in [0.717, 1.165) is 0 Å². The number of ether oxygens (including phenoxy) is 1. The van der Waals surface area contributed by atoms with Gasteiger partial charge in [-0.25, -0.2) is 9.18 Å². The normalized spacial score (nSPS) is 12.0. The van der Waals surface area contributed by atoms with Gasteiger partial charge in [-0.05, 0) is 31.4 Å². The van der Waals surface area contributed by atoms with Crippen molar-refractivity contribution in [3.05, 3.63) is 24.0 Å². The van der Waals surface area contributed by atoms with Crippen LogP contribution in [0, 0.1) is 5.82 Å². The van der Waals surface area contributed by atoms with Gasteiger partial charge >= 0.3 is 6.03 Å². The van der Waals surface area contributed by atoms with Crippen molar-refractivity contribution in [2.45, 2.75) is 17.9 Å². The summed E-state index contributed by atoms with van der Waals surface area (Å²) in [6.45, 7) is 2.24. The molecule has 0 aliphatic carbocycles. The Labute approximate surface area is 110 Å². The summed E-state index contributed by atoms with van der Waals surface area (Å²) in [6.07, 6.45) is 1.80. The van der Waals surface area contributed by atoms with E-state index in [9.17, 15) is 9.18 Å². The number of hydrogen-bond acceptors (Lipinski definition) is 3. The molecule has 0 saturated carbocycles. The number of rotatable bonds is 5. The molecule has 1 rings (SSSR count). The molecule has 1 atom stereocenters. The van der Waals surface area contributed by atoms with E-state index in [0.29, 0.717) is 17.2 Å². The van der Waals surface area contributed by atoms with Gasteiger partial charge in [0.15, 0.2) is 0 Å². The van der Waals surface area contributed by atoms with Crippen molar-refractivity contribution in [1.29, 1.82) is 0 Å². The van der Waals surface area contributed by atoms with Crippen molar-refractivity contribution in [2.75, 3.05) is 25.3 Å². The molecule has 0 saturated heterocycles. The lowest BCUT2D eigenvalue weighted by atomic mass is 10.3. The molecule has 0 fully saturated rings. The van der Waals surface area contributed by atoms with Gasteiger partial charge in [-0.15, -0.1) is 11.8 Å². The van der Waals surface area contributed by atoms with Crippen LogP contribution >= 0.6 is 11.8 Å². The molecule has 0 bridgehead atoms. The van der Waals surface area contributed by atoms with E-state index in [1.165, 1.54) is 17.8 Å². The van der Waals surface area contributed by atoms with Gasteiger partial charge in [0, 0.05) is 17.7 Å². The van der Waals surface area contributed by atoms with Crippen molar-refractivity contribution in [3.63, 3.8) is 0 Å². The maximum absolute atomic E-state index is 13.5. The SMILES string of the molecule is COC[C@H](C)NC(=O)Nc1ccc(SC)c(F)c1. The highest BCUT2D eigenvalue weighted by molar-refractivity contribution is 7.98. The van der Waals surface area contributed by atoms with E-state index in [1.807, 2.05) is 6.92 Å². The van der Waals surface area contributed by atoms with Crippen molar-refractivity contribution < 1.29 is 13.9 Å². The Kier molecular flexibility index (Phi) is 5.94. The van der Waals surface area contributed by atoms with Crippen molar-refractivity contribution in [2.24, 2.45) is 0 Å². The smallest absolute Gasteiger partial charge is 0.319 e. The van der Waals surface area contributed by atoms with Crippen LogP contribution in [0.5, 0.6) is 0 Å². The Morgan fingerprint density at radius 3 is 2.83 bits per heavy atom. The average Bonchev–Trinajstić information content (AvgIpc) is 2.29. The fourth-order valence-corrected chi connectivity index (χ4v) is 1.88. The van der Waals surface area contributed by atoms with Gasteiger partial charge in [0.05, 0.1) is 12.6 Å². The minimum atomic E-state index is -0.379. The summed E-state index contributed by atoms with van der Waals surface area (Å²) in [6, 6.07) is 4.11. The van der Waals surface area contributed by atoms with Crippen molar-refractivity contribution >= 4 is 23.5 Å². The first-order valence-electron chi connectivity index (χ1n) is 5.46. The number of methoxy groups -OCH3 is 1. The molecule has 0 radical (unpaired) electrons. The van der Waals surface area contributed by atoms with Gasteiger partial charge in [-0.2, -0.15) is 0 Å². The standard InChI is InChI=1S/C12H17FN2O2S/c1-8(7-17-2)14-12(16)15-9-4-5-11(18-3)10(13)6-9/h4-6,8H,7H2,1-3H3,(H2,14,15,16)/t8-/m0/s1. The van der Waals surface area contributed by atoms with Crippen LogP contribution in [-0.2, 0) is 4.74 Å². The van der Waals surface area contributed by atoms with Gasteiger partial charge in [0.2, 0.25) is 0 Å². The molecule has 1 aromatic carbocycles. The maximum atomic E-state index is 13.5. The van der Waals surface area contributed by atoms with E-state index < -0.39 is 0 Å². The van der Waals surface area contributed by atoms with Gasteiger partial charge in [0.25, 0.3) is 0 Å². The molecule has 0 unspecified atom stereocenters. The molecule has 4 nitrogen and oxygen atoms in total. The minimum Gasteiger partial charge on any atom is -0.383 e. The lowest BCUT2D eigenvalue weighted by Gasteiger charge is -2.13. The van der Waals surface area contributed by atoms with E-state index in [4.69, 9.17) is 4.74 Å². The second kappa shape index (κ2) is 7.23. The van der Waals surface area contributed by atoms with Crippen LogP contribution in [0.4, 0.5) is 14.9 Å². The Morgan fingerprint density at radius 1 is 1.56 bits per heavy atom. The molecule has 100 valence electrons. The largest absolute Gasteiger partial charge is 0.383 e. The van der Waals surface area contributed by atoms with Gasteiger partial charge in [-0.3, -0.25) is 0 Å². The first kappa shape index (κ1) is 14.8. The van der Waals surface area contributed by atoms with E-state index in [1.54, 1.807) is 25.5 Å². The van der Waals surface area contributed by atoms with Crippen LogP contribution in [0.1, 0.15) is 6.92 Å². The monoisotopic (exact) mass is 272 g/mol. The predicted molar refractivity (Wildman–Crippen MR) is 71.7 cm³/mol. The van der Waals surface area contributed by atoms with E-state index >= 15 is 0 Å². The van der Waals surface area contributed by atoms with Gasteiger partial charge < -0.3 is 15.4 Å². The first-order valence-corrected chi connectivity index (χ1v) is 6.69. The summed E-state index contributed by atoms with van der Waals surface area (Å²) < 4.78 is 18.4. The molecule has 18 heavy (non-hydrogen) atoms. The summed E-state index contributed by atoms with van der Waals surface area (Å²) in [4.78, 5) is 12.1. The molecule has 0 aromatic heterocycles. The molecular formula is C12H17FN2O2S. The quantitative estimate of drug-likeness (QED) is 0.810. The number of benzene rings is 1. The Hall–Kier alpha value is -1.27. The number of nitrogens with one attached hydrogen (secondary N) is 2. The van der Waals surface area contributed by atoms with Crippen LogP contribution in [0.2, 0.25) is 0 Å². The Bertz CT molecular complexity index is 415. The number of thioether (sulfide) groups is 1. The summed E-state index contributed by atoms with van der Waals surface area (Å²) >= 11 is 1.32. The topological polar surface area (TPSA) is 50.4 Å². The zero-order chi connectivity index (χ0) is 13.5. The summed E-state index contributed by atoms with van der Waals surface area (Å²) in [7, 11) is 1.56. The minimum absolute atomic E-state index is 0.106. The van der Waals surface area contributed by atoms with Gasteiger partial charge in [0.1, 0.15) is 5.82 Å². The van der Waals surface area contributed by atoms with E-state index in [2.05, 4.69) is 10.6 Å². The molecule has 0 aliphatic heterocycles. The third-order valence-corrected chi connectivity index (χ3v) is 2.97. The fraction of sp³-hybridized carbons (Fsp3) is 0.417. The molecule has 1 aromatic rings. The zero-order valence-electron chi connectivity index (χ0n) is 10.6. The summed E-state index contributed by atoms with van der Waals surface area (Å²) in [5.74, 6) is -0.342. The van der Waals surface area contributed by atoms with Crippen LogP contribution in [-0.4, -0.2) is 32.0 Å². The number of halogens is 1. The molecule has 0 aliphatic rings. The number of carbonyl (C=O) groups is 1. The zero-order valence-corrected chi connectivity index (χ0v) is 11.4. The number of carbonyl (C=O) groups excluding carboxylic acids is 1. The number of hydrogen-bond donors (Lipinski definition) is 2. The number of urea groups is 1. The maximum Gasteiger partial charge on any atom is 0.319 e. The summed E-state index contributed by atoms with van der Waals surface area (Å²) in [5.41, 5.74) is 0.424. The first-order chi connectivity index (χ1) is 8.56. The third-order valence-electron chi connectivity index (χ3n) is 2.20. The predicted octanol–water partition coefficient (Wildman–Crippen LogP) is 2.70. The fourth-order valence-electron chi connectivity index (χ4n) is 1.43. The highest BCUT2D eigenvalue weighted by Crippen LogP contribution is 2.22. The molecule has 6 heteroatoms. The molecule has 0 heterocycles. The number of amides is 2. The molecule has 0 spiro atoms. The summed E-state index contributed by atoms with van der Waals surface area (Å²) in [5, 5.41) is 5.24. The highest BCUT2D eigenvalue weighted by atomic mass is 32.2. The van der Waals surface area contributed by atoms with Crippen LogP contribution in [0.25, 0.3) is 0 Å². The lowest BCUT2D eigenvalue weighted by molar-refractivity contribution is 0.173. The van der Waals surface area contributed by atoms with Crippen LogP contribution in [0.3, 0.4) is 0 Å². The highest BCUT2D eigenvalue weighted by Gasteiger charge is 2.08. The lowest BCUT2D eigenvalue weighted by Crippen LogP contribution is -2.38. The van der Waals surface area contributed by atoms with Crippen LogP contribution < -0.4 is 10.6 Å². The third kappa shape index (κ3) is 4.54. The molecular weight excluding hydrogens is 255 g/mol. The molecule has 2 amide bonds. The van der Waals surface area contributed by atoms with Crippen LogP contribution in [0.15, 0.2) is 23.1 Å². The Morgan fingerprint density at radius 2 is 2.28 bits per heavy atom. The van der Waals surface area contributed by atoms with E-state index in [-0.39, 0.29) is 17.9 Å². The Balaban J connectivity index is 2.57. The van der Waals surface area contributed by atoms with Gasteiger partial charge in [-0.1, -0.05) is 0 Å². The average molecular weight is 272 g/mol. The second-order valence-electron chi connectivity index (χ2n) is 3.80. The van der Waals surface area contributed by atoms with Crippen molar-refractivity contribution in [1.82, 2.24) is 5.32 Å². The number of anilines is 1. The van der Waals surface area contributed by atoms with Crippen molar-refractivity contribution in [3.8, 4) is 0 Å².